The first-order chi connectivity index (χ1) is 37.0. The van der Waals surface area contributed by atoms with E-state index < -0.39 is 0 Å². The van der Waals surface area contributed by atoms with Gasteiger partial charge in [0.1, 0.15) is 11.2 Å². The second-order valence-corrected chi connectivity index (χ2v) is 21.8. The Morgan fingerprint density at radius 1 is 0.316 bits per heavy atom. The maximum atomic E-state index is 7.36. The first kappa shape index (κ1) is 45.5. The van der Waals surface area contributed by atoms with E-state index >= 15 is 0 Å². The van der Waals surface area contributed by atoms with E-state index in [-0.39, 0.29) is 5.41 Å². The molecule has 2 heterocycles. The number of rotatable bonds is 8. The molecule has 0 bridgehead atoms. The van der Waals surface area contributed by atoms with Crippen molar-refractivity contribution in [2.45, 2.75) is 53.9 Å². The number of aryl methyl sites for hydroxylation is 4. The highest BCUT2D eigenvalue weighted by Gasteiger charge is 2.29. The van der Waals surface area contributed by atoms with Gasteiger partial charge in [-0.2, -0.15) is 0 Å². The molecule has 0 saturated carbocycles. The van der Waals surface area contributed by atoms with Crippen LogP contribution >= 0.6 is 0 Å². The van der Waals surface area contributed by atoms with E-state index in [1.807, 2.05) is 0 Å². The van der Waals surface area contributed by atoms with Crippen molar-refractivity contribution in [1.82, 2.24) is 0 Å². The lowest BCUT2D eigenvalue weighted by atomic mass is 9.83. The summed E-state index contributed by atoms with van der Waals surface area (Å²) in [7, 11) is 0. The molecular formula is C72H56N2O2. The van der Waals surface area contributed by atoms with E-state index in [1.54, 1.807) is 0 Å². The third kappa shape index (κ3) is 6.97. The van der Waals surface area contributed by atoms with Gasteiger partial charge in [0.25, 0.3) is 0 Å². The Morgan fingerprint density at radius 3 is 1.11 bits per heavy atom. The van der Waals surface area contributed by atoms with Crippen LogP contribution < -0.4 is 9.80 Å². The minimum atomic E-state index is -0.0406. The molecule has 12 aromatic carbocycles. The standard InChI is InChI=1S/C72H56N2O2/c1-43-20-14-21-44(2)64(43)58-32-16-28-52-54-30-18-34-60(70(54)75-68(52)58)73(50-24-10-8-11-25-50)62-42-63(57-39-37-48-41-49(72(5,6)7)40-47-36-38-56(62)67(57)66(47)48)74(51-26-12-9-13-27-51)61-35-19-31-55-53-29-17-33-59(69(53)76-71(55)61)65-45(3)22-15-23-46(65)4/h8-42H,1-7H3. The molecule has 4 heteroatoms. The Kier molecular flexibility index (Phi) is 10.3. The smallest absolute Gasteiger partial charge is 0.159 e. The first-order valence-electron chi connectivity index (χ1n) is 26.5. The van der Waals surface area contributed by atoms with Gasteiger partial charge in [-0.25, -0.2) is 0 Å². The van der Waals surface area contributed by atoms with E-state index in [4.69, 9.17) is 8.83 Å². The van der Waals surface area contributed by atoms with Gasteiger partial charge in [0.05, 0.1) is 22.7 Å². The fourth-order valence-corrected chi connectivity index (χ4v) is 12.5. The summed E-state index contributed by atoms with van der Waals surface area (Å²) in [6.45, 7) is 15.7. The molecule has 0 saturated heterocycles. The molecule has 0 aliphatic heterocycles. The molecule has 2 aromatic heterocycles. The van der Waals surface area contributed by atoms with Crippen LogP contribution in [0.25, 0.3) is 98.4 Å². The zero-order chi connectivity index (χ0) is 51.6. The van der Waals surface area contributed by atoms with Gasteiger partial charge in [0.2, 0.25) is 0 Å². The molecule has 0 radical (unpaired) electrons. The lowest BCUT2D eigenvalue weighted by Gasteiger charge is -2.32. The van der Waals surface area contributed by atoms with Gasteiger partial charge in [0.15, 0.2) is 11.2 Å². The van der Waals surface area contributed by atoms with Gasteiger partial charge < -0.3 is 18.6 Å². The molecule has 76 heavy (non-hydrogen) atoms. The minimum Gasteiger partial charge on any atom is -0.453 e. The van der Waals surface area contributed by atoms with E-state index in [0.717, 1.165) is 99.9 Å². The summed E-state index contributed by atoms with van der Waals surface area (Å²) < 4.78 is 14.7. The van der Waals surface area contributed by atoms with Crippen LogP contribution in [0.15, 0.2) is 221 Å². The highest BCUT2D eigenvalue weighted by atomic mass is 16.3. The number of furan rings is 2. The van der Waals surface area contributed by atoms with E-state index in [9.17, 15) is 0 Å². The molecule has 0 amide bonds. The maximum absolute atomic E-state index is 7.36. The van der Waals surface area contributed by atoms with E-state index in [2.05, 4.69) is 271 Å². The molecule has 4 nitrogen and oxygen atoms in total. The average molecular weight is 981 g/mol. The van der Waals surface area contributed by atoms with Crippen LogP contribution in [0.4, 0.5) is 34.1 Å². The van der Waals surface area contributed by atoms with Crippen LogP contribution in [0.1, 0.15) is 48.6 Å². The van der Waals surface area contributed by atoms with Crippen molar-refractivity contribution in [1.29, 1.82) is 0 Å². The van der Waals surface area contributed by atoms with E-state index in [1.165, 1.54) is 60.5 Å². The van der Waals surface area contributed by atoms with Gasteiger partial charge in [-0.3, -0.25) is 0 Å². The number of anilines is 6. The molecule has 0 atom stereocenters. The van der Waals surface area contributed by atoms with Crippen LogP contribution in [0.2, 0.25) is 0 Å². The highest BCUT2D eigenvalue weighted by Crippen LogP contribution is 2.54. The number of nitrogens with zero attached hydrogens (tertiary/aromatic N) is 2. The largest absolute Gasteiger partial charge is 0.453 e. The van der Waals surface area contributed by atoms with Crippen LogP contribution in [0.3, 0.4) is 0 Å². The summed E-state index contributed by atoms with van der Waals surface area (Å²) in [5.41, 5.74) is 20.2. The third-order valence-corrected chi connectivity index (χ3v) is 16.0. The lowest BCUT2D eigenvalue weighted by Crippen LogP contribution is -2.15. The van der Waals surface area contributed by atoms with Gasteiger partial charge in [-0.1, -0.05) is 191 Å². The SMILES string of the molecule is Cc1cccc(C)c1-c1cccc2c1oc1c(N(c3ccccc3)c3cc(N(c4ccccc4)c4cccc5c4oc4c(-c6c(C)cccc6C)cccc45)c4ccc5cc(C(C)(C)C)cc6ccc3c4c65)cccc12. The van der Waals surface area contributed by atoms with Crippen LogP contribution in [-0.2, 0) is 5.41 Å². The quantitative estimate of drug-likeness (QED) is 0.142. The monoisotopic (exact) mass is 980 g/mol. The molecule has 0 aliphatic carbocycles. The van der Waals surface area contributed by atoms with Crippen molar-refractivity contribution in [3.63, 3.8) is 0 Å². The number of benzene rings is 12. The molecular weight excluding hydrogens is 925 g/mol. The highest BCUT2D eigenvalue weighted by molar-refractivity contribution is 6.30. The third-order valence-electron chi connectivity index (χ3n) is 16.0. The Labute approximate surface area is 443 Å². The van der Waals surface area contributed by atoms with Crippen molar-refractivity contribution >= 4 is 110 Å². The van der Waals surface area contributed by atoms with Gasteiger partial charge in [-0.05, 0) is 131 Å². The summed E-state index contributed by atoms with van der Waals surface area (Å²) in [5.74, 6) is 0. The zero-order valence-corrected chi connectivity index (χ0v) is 43.9. The lowest BCUT2D eigenvalue weighted by molar-refractivity contribution is 0.591. The van der Waals surface area contributed by atoms with Gasteiger partial charge in [0, 0.05) is 60.2 Å². The van der Waals surface area contributed by atoms with Crippen molar-refractivity contribution in [2.75, 3.05) is 9.80 Å². The van der Waals surface area contributed by atoms with Crippen LogP contribution in [0, 0.1) is 27.7 Å². The number of fused-ring (bicyclic) bond motifs is 6. The Hall–Kier alpha value is -9.12. The summed E-state index contributed by atoms with van der Waals surface area (Å²) in [6.07, 6.45) is 0. The summed E-state index contributed by atoms with van der Waals surface area (Å²) in [5, 5.41) is 11.5. The predicted molar refractivity (Wildman–Crippen MR) is 323 cm³/mol. The van der Waals surface area contributed by atoms with Crippen molar-refractivity contribution in [2.24, 2.45) is 0 Å². The topological polar surface area (TPSA) is 32.8 Å². The predicted octanol–water partition coefficient (Wildman–Crippen LogP) is 21.2. The maximum Gasteiger partial charge on any atom is 0.159 e. The molecule has 14 aromatic rings. The number of para-hydroxylation sites is 6. The molecule has 0 N–H and O–H groups in total. The molecule has 0 unspecified atom stereocenters. The van der Waals surface area contributed by atoms with Crippen molar-refractivity contribution < 1.29 is 8.83 Å². The molecule has 0 spiro atoms. The first-order valence-corrected chi connectivity index (χ1v) is 26.5. The van der Waals surface area contributed by atoms with Crippen LogP contribution in [0.5, 0.6) is 0 Å². The Bertz CT molecular complexity index is 4290. The Morgan fingerprint density at radius 2 is 0.697 bits per heavy atom. The number of hydrogen-bond acceptors (Lipinski definition) is 4. The van der Waals surface area contributed by atoms with Crippen LogP contribution in [-0.4, -0.2) is 0 Å². The van der Waals surface area contributed by atoms with E-state index in [0.29, 0.717) is 0 Å². The summed E-state index contributed by atoms with van der Waals surface area (Å²) in [6, 6.07) is 77.6. The van der Waals surface area contributed by atoms with Gasteiger partial charge >= 0.3 is 0 Å². The molecule has 14 rings (SSSR count). The fraction of sp³-hybridized carbons (Fsp3) is 0.111. The minimum absolute atomic E-state index is 0.0406. The van der Waals surface area contributed by atoms with Crippen molar-refractivity contribution in [3.05, 3.63) is 240 Å². The normalized spacial score (nSPS) is 12.1. The van der Waals surface area contributed by atoms with Crippen molar-refractivity contribution in [3.8, 4) is 22.3 Å². The molecule has 366 valence electrons. The molecule has 0 fully saturated rings. The van der Waals surface area contributed by atoms with Gasteiger partial charge in [-0.15, -0.1) is 0 Å². The number of hydrogen-bond donors (Lipinski definition) is 0. The average Bonchev–Trinajstić information content (AvgIpc) is 4.12. The molecule has 0 aliphatic rings. The zero-order valence-electron chi connectivity index (χ0n) is 43.9. The second-order valence-electron chi connectivity index (χ2n) is 21.8. The summed E-state index contributed by atoms with van der Waals surface area (Å²) in [4.78, 5) is 4.86. The summed E-state index contributed by atoms with van der Waals surface area (Å²) >= 11 is 0. The Balaban J connectivity index is 1.10. The fourth-order valence-electron chi connectivity index (χ4n) is 12.5. The second kappa shape index (κ2) is 17.2.